The lowest BCUT2D eigenvalue weighted by atomic mass is 10.0. The van der Waals surface area contributed by atoms with Crippen molar-refractivity contribution in [3.63, 3.8) is 0 Å². The molecule has 0 fully saturated rings. The third-order valence-corrected chi connectivity index (χ3v) is 4.28. The molecule has 1 heterocycles. The maximum atomic E-state index is 12.1. The second-order valence-corrected chi connectivity index (χ2v) is 6.17. The van der Waals surface area contributed by atoms with Gasteiger partial charge in [0.25, 0.3) is 0 Å². The molecule has 2 aromatic rings. The van der Waals surface area contributed by atoms with Gasteiger partial charge in [-0.15, -0.1) is 0 Å². The monoisotopic (exact) mass is 325 g/mol. The summed E-state index contributed by atoms with van der Waals surface area (Å²) in [4.78, 5) is 12.1. The lowest BCUT2D eigenvalue weighted by molar-refractivity contribution is -0.120. The van der Waals surface area contributed by atoms with Gasteiger partial charge in [-0.3, -0.25) is 4.79 Å². The number of rotatable bonds is 5. The maximum absolute atomic E-state index is 12.1. The first-order valence-corrected chi connectivity index (χ1v) is 8.33. The zero-order chi connectivity index (χ0) is 16.9. The summed E-state index contributed by atoms with van der Waals surface area (Å²) in [6, 6.07) is 12.1. The Morgan fingerprint density at radius 3 is 2.50 bits per heavy atom. The molecule has 1 aliphatic heterocycles. The Labute approximate surface area is 142 Å². The van der Waals surface area contributed by atoms with Gasteiger partial charge in [-0.05, 0) is 54.7 Å². The molecular weight excluding hydrogens is 302 g/mol. The van der Waals surface area contributed by atoms with Gasteiger partial charge in [0.05, 0.1) is 6.42 Å². The van der Waals surface area contributed by atoms with E-state index >= 15 is 0 Å². The predicted octanol–water partition coefficient (Wildman–Crippen LogP) is 2.98. The van der Waals surface area contributed by atoms with Crippen LogP contribution < -0.4 is 14.8 Å². The van der Waals surface area contributed by atoms with Crippen LogP contribution in [0.2, 0.25) is 0 Å². The average molecular weight is 325 g/mol. The second-order valence-electron chi connectivity index (χ2n) is 6.17. The van der Waals surface area contributed by atoms with E-state index in [1.54, 1.807) is 0 Å². The Balaban J connectivity index is 1.49. The molecule has 126 valence electrons. The number of carbonyl (C=O) groups is 1. The molecule has 0 saturated carbocycles. The van der Waals surface area contributed by atoms with Crippen LogP contribution in [0, 0.1) is 13.8 Å². The minimum Gasteiger partial charge on any atom is -0.486 e. The van der Waals surface area contributed by atoms with E-state index in [1.807, 2.05) is 24.3 Å². The molecule has 1 N–H and O–H groups in total. The van der Waals surface area contributed by atoms with Gasteiger partial charge in [-0.1, -0.05) is 24.3 Å². The largest absolute Gasteiger partial charge is 0.486 e. The quantitative estimate of drug-likeness (QED) is 0.919. The topological polar surface area (TPSA) is 47.6 Å². The van der Waals surface area contributed by atoms with Crippen molar-refractivity contribution in [2.24, 2.45) is 0 Å². The van der Waals surface area contributed by atoms with Gasteiger partial charge in [-0.25, -0.2) is 0 Å². The number of hydrogen-bond acceptors (Lipinski definition) is 3. The minimum absolute atomic E-state index is 0.0517. The Morgan fingerprint density at radius 1 is 0.958 bits per heavy atom. The summed E-state index contributed by atoms with van der Waals surface area (Å²) in [6.45, 7) is 5.94. The van der Waals surface area contributed by atoms with E-state index in [0.717, 1.165) is 29.0 Å². The average Bonchev–Trinajstić information content (AvgIpc) is 2.58. The highest BCUT2D eigenvalue weighted by Gasteiger charge is 2.11. The molecule has 0 aromatic heterocycles. The minimum atomic E-state index is 0.0517. The van der Waals surface area contributed by atoms with Crippen LogP contribution >= 0.6 is 0 Å². The number of fused-ring (bicyclic) bond motifs is 1. The fourth-order valence-corrected chi connectivity index (χ4v) is 2.75. The fraction of sp³-hybridized carbons (Fsp3) is 0.350. The van der Waals surface area contributed by atoms with Crippen molar-refractivity contribution >= 4 is 5.91 Å². The van der Waals surface area contributed by atoms with Crippen LogP contribution in [0.25, 0.3) is 0 Å². The molecule has 0 saturated heterocycles. The predicted molar refractivity (Wildman–Crippen MR) is 93.8 cm³/mol. The van der Waals surface area contributed by atoms with E-state index in [2.05, 4.69) is 31.3 Å². The first-order chi connectivity index (χ1) is 11.6. The Bertz CT molecular complexity index is 740. The Morgan fingerprint density at radius 2 is 1.71 bits per heavy atom. The number of hydrogen-bond donors (Lipinski definition) is 1. The number of ether oxygens (including phenoxy) is 2. The molecule has 0 radical (unpaired) electrons. The van der Waals surface area contributed by atoms with Crippen LogP contribution in [0.4, 0.5) is 0 Å². The third-order valence-electron chi connectivity index (χ3n) is 4.28. The first-order valence-electron chi connectivity index (χ1n) is 8.33. The summed E-state index contributed by atoms with van der Waals surface area (Å²) < 4.78 is 11.1. The van der Waals surface area contributed by atoms with Crippen LogP contribution in [0.5, 0.6) is 11.5 Å². The van der Waals surface area contributed by atoms with E-state index in [9.17, 15) is 4.79 Å². The van der Waals surface area contributed by atoms with Crippen molar-refractivity contribution in [1.29, 1.82) is 0 Å². The molecule has 3 rings (SSSR count). The molecule has 0 atom stereocenters. The zero-order valence-corrected chi connectivity index (χ0v) is 14.2. The molecule has 4 heteroatoms. The van der Waals surface area contributed by atoms with Gasteiger partial charge in [0.15, 0.2) is 11.5 Å². The van der Waals surface area contributed by atoms with Gasteiger partial charge in [0, 0.05) is 6.54 Å². The standard InChI is InChI=1S/C20H23NO3/c1-14-3-4-17(11-15(14)2)13-20(22)21-8-7-16-5-6-18-19(12-16)24-10-9-23-18/h3-6,11-12H,7-10,13H2,1-2H3,(H,21,22). The van der Waals surface area contributed by atoms with Gasteiger partial charge in [0.1, 0.15) is 13.2 Å². The number of aryl methyl sites for hydroxylation is 2. The molecule has 4 nitrogen and oxygen atoms in total. The summed E-state index contributed by atoms with van der Waals surface area (Å²) >= 11 is 0. The lowest BCUT2D eigenvalue weighted by Gasteiger charge is -2.18. The first kappa shape index (κ1) is 16.4. The summed E-state index contributed by atoms with van der Waals surface area (Å²) in [5.74, 6) is 1.64. The highest BCUT2D eigenvalue weighted by Crippen LogP contribution is 2.30. The van der Waals surface area contributed by atoms with Gasteiger partial charge >= 0.3 is 0 Å². The van der Waals surface area contributed by atoms with Crippen molar-refractivity contribution in [3.8, 4) is 11.5 Å². The summed E-state index contributed by atoms with van der Waals surface area (Å²) in [5.41, 5.74) is 4.65. The third kappa shape index (κ3) is 4.07. The van der Waals surface area contributed by atoms with E-state index in [0.29, 0.717) is 26.2 Å². The van der Waals surface area contributed by atoms with Crippen LogP contribution in [0.1, 0.15) is 22.3 Å². The van der Waals surface area contributed by atoms with Crippen molar-refractivity contribution in [2.75, 3.05) is 19.8 Å². The highest BCUT2D eigenvalue weighted by molar-refractivity contribution is 5.78. The van der Waals surface area contributed by atoms with Crippen LogP contribution in [-0.4, -0.2) is 25.7 Å². The van der Waals surface area contributed by atoms with Gasteiger partial charge in [-0.2, -0.15) is 0 Å². The fourth-order valence-electron chi connectivity index (χ4n) is 2.75. The molecule has 1 aliphatic rings. The molecule has 1 amide bonds. The van der Waals surface area contributed by atoms with Crippen LogP contribution in [-0.2, 0) is 17.6 Å². The number of nitrogens with one attached hydrogen (secondary N) is 1. The number of amides is 1. The van der Waals surface area contributed by atoms with E-state index in [-0.39, 0.29) is 5.91 Å². The summed E-state index contributed by atoms with van der Waals surface area (Å²) in [5, 5.41) is 2.98. The number of benzene rings is 2. The van der Waals surface area contributed by atoms with E-state index < -0.39 is 0 Å². The van der Waals surface area contributed by atoms with E-state index in [1.165, 1.54) is 11.1 Å². The summed E-state index contributed by atoms with van der Waals surface area (Å²) in [7, 11) is 0. The smallest absolute Gasteiger partial charge is 0.224 e. The molecule has 0 spiro atoms. The van der Waals surface area contributed by atoms with Crippen molar-refractivity contribution in [1.82, 2.24) is 5.32 Å². The van der Waals surface area contributed by atoms with Crippen molar-refractivity contribution < 1.29 is 14.3 Å². The molecule has 0 unspecified atom stereocenters. The molecule has 24 heavy (non-hydrogen) atoms. The second kappa shape index (κ2) is 7.39. The molecule has 2 aromatic carbocycles. The molecule has 0 bridgehead atoms. The van der Waals surface area contributed by atoms with Gasteiger partial charge < -0.3 is 14.8 Å². The van der Waals surface area contributed by atoms with Crippen LogP contribution in [0.15, 0.2) is 36.4 Å². The zero-order valence-electron chi connectivity index (χ0n) is 14.2. The molecular formula is C20H23NO3. The van der Waals surface area contributed by atoms with E-state index in [4.69, 9.17) is 9.47 Å². The lowest BCUT2D eigenvalue weighted by Crippen LogP contribution is -2.27. The Hall–Kier alpha value is -2.49. The Kier molecular flexibility index (Phi) is 5.04. The van der Waals surface area contributed by atoms with Crippen molar-refractivity contribution in [2.45, 2.75) is 26.7 Å². The maximum Gasteiger partial charge on any atom is 0.224 e. The number of carbonyl (C=O) groups excluding carboxylic acids is 1. The highest BCUT2D eigenvalue weighted by atomic mass is 16.6. The van der Waals surface area contributed by atoms with Crippen LogP contribution in [0.3, 0.4) is 0 Å². The van der Waals surface area contributed by atoms with Crippen molar-refractivity contribution in [3.05, 3.63) is 58.7 Å². The van der Waals surface area contributed by atoms with Gasteiger partial charge in [0.2, 0.25) is 5.91 Å². The molecule has 0 aliphatic carbocycles. The normalized spacial score (nSPS) is 12.8. The summed E-state index contributed by atoms with van der Waals surface area (Å²) in [6.07, 6.45) is 1.19. The SMILES string of the molecule is Cc1ccc(CC(=O)NCCc2ccc3c(c2)OCCO3)cc1C.